The van der Waals surface area contributed by atoms with E-state index in [0.29, 0.717) is 0 Å². The maximum atomic E-state index is 6.55. The van der Waals surface area contributed by atoms with E-state index < -0.39 is 0 Å². The zero-order chi connectivity index (χ0) is 37.5. The Kier molecular flexibility index (Phi) is 8.69. The summed E-state index contributed by atoms with van der Waals surface area (Å²) < 4.78 is 6.55. The van der Waals surface area contributed by atoms with Gasteiger partial charge in [0, 0.05) is 10.8 Å². The van der Waals surface area contributed by atoms with Gasteiger partial charge in [0.15, 0.2) is 0 Å². The van der Waals surface area contributed by atoms with Crippen molar-refractivity contribution in [1.82, 2.24) is 0 Å². The Hall–Kier alpha value is -6.96. The average Bonchev–Trinajstić information content (AvgIpc) is 3.59. The summed E-state index contributed by atoms with van der Waals surface area (Å²) >= 11 is 0. The normalized spacial score (nSPS) is 12.3. The quantitative estimate of drug-likeness (QED) is 0.113. The van der Waals surface area contributed by atoms with Crippen molar-refractivity contribution >= 4 is 65.9 Å². The molecule has 0 amide bonds. The largest absolute Gasteiger partial charge is 0.456 e. The van der Waals surface area contributed by atoms with Crippen molar-refractivity contribution in [2.75, 3.05) is 0 Å². The third kappa shape index (κ3) is 5.64. The highest BCUT2D eigenvalue weighted by atomic mass is 16.3. The van der Waals surface area contributed by atoms with E-state index in [1.807, 2.05) is 18.2 Å². The second-order valence-electron chi connectivity index (χ2n) is 14.0. The van der Waals surface area contributed by atoms with Crippen LogP contribution < -0.4 is 0 Å². The summed E-state index contributed by atoms with van der Waals surface area (Å²) in [6.45, 7) is 12.3. The van der Waals surface area contributed by atoms with E-state index in [0.717, 1.165) is 38.6 Å². The number of benzene rings is 8. The summed E-state index contributed by atoms with van der Waals surface area (Å²) in [6, 6.07) is 50.5. The van der Waals surface area contributed by atoms with Crippen LogP contribution in [0.25, 0.3) is 99.3 Å². The third-order valence-corrected chi connectivity index (χ3v) is 10.9. The molecule has 9 rings (SSSR count). The van der Waals surface area contributed by atoms with Crippen molar-refractivity contribution in [1.29, 1.82) is 0 Å². The van der Waals surface area contributed by atoms with Gasteiger partial charge < -0.3 is 4.42 Å². The van der Waals surface area contributed by atoms with E-state index in [-0.39, 0.29) is 0 Å². The van der Waals surface area contributed by atoms with Crippen molar-refractivity contribution in [3.05, 3.63) is 206 Å². The van der Waals surface area contributed by atoms with Gasteiger partial charge in [0.1, 0.15) is 11.2 Å². The molecule has 0 saturated heterocycles. The molecule has 0 N–H and O–H groups in total. The lowest BCUT2D eigenvalue weighted by molar-refractivity contribution is 0.669. The molecule has 0 aliphatic heterocycles. The first-order valence-corrected chi connectivity index (χ1v) is 18.9. The highest BCUT2D eigenvalue weighted by molar-refractivity contribution is 6.22. The van der Waals surface area contributed by atoms with Crippen LogP contribution in [0.4, 0.5) is 0 Å². The van der Waals surface area contributed by atoms with Gasteiger partial charge in [-0.2, -0.15) is 0 Å². The molecule has 0 spiro atoms. The molecule has 0 aliphatic carbocycles. The fourth-order valence-corrected chi connectivity index (χ4v) is 8.62. The SMILES string of the molecule is C=C/C=C\c1c(C)c(C(/C=C\C)=C/C=C)c2ccccc2c1-c1ccc2oc3ccc(-c4c5ccccc5c(-c5ccccc5)c5ccccc45)cc3c2c1. The molecule has 0 fully saturated rings. The molecular formula is C54H40O. The van der Waals surface area contributed by atoms with Gasteiger partial charge in [-0.1, -0.05) is 171 Å². The second-order valence-corrected chi connectivity index (χ2v) is 14.0. The Balaban J connectivity index is 1.31. The lowest BCUT2D eigenvalue weighted by Gasteiger charge is -2.20. The van der Waals surface area contributed by atoms with Crippen LogP contribution in [0.3, 0.4) is 0 Å². The smallest absolute Gasteiger partial charge is 0.135 e. The van der Waals surface area contributed by atoms with E-state index >= 15 is 0 Å². The van der Waals surface area contributed by atoms with Crippen molar-refractivity contribution in [2.24, 2.45) is 0 Å². The number of allylic oxidation sites excluding steroid dienone is 7. The van der Waals surface area contributed by atoms with Gasteiger partial charge in [-0.25, -0.2) is 0 Å². The first kappa shape index (κ1) is 33.8. The van der Waals surface area contributed by atoms with E-state index in [2.05, 4.69) is 191 Å². The lowest BCUT2D eigenvalue weighted by Crippen LogP contribution is -1.98. The average molecular weight is 705 g/mol. The second kappa shape index (κ2) is 14.1. The fraction of sp³-hybridized carbons (Fsp3) is 0.0370. The summed E-state index contributed by atoms with van der Waals surface area (Å²) in [6.07, 6.45) is 14.3. The molecule has 262 valence electrons. The van der Waals surface area contributed by atoms with Gasteiger partial charge in [0.25, 0.3) is 0 Å². The van der Waals surface area contributed by atoms with Crippen molar-refractivity contribution in [2.45, 2.75) is 13.8 Å². The van der Waals surface area contributed by atoms with Crippen LogP contribution in [0.2, 0.25) is 0 Å². The zero-order valence-corrected chi connectivity index (χ0v) is 31.1. The van der Waals surface area contributed by atoms with Crippen LogP contribution in [-0.4, -0.2) is 0 Å². The molecule has 0 radical (unpaired) electrons. The molecule has 0 atom stereocenters. The Labute approximate surface area is 322 Å². The van der Waals surface area contributed by atoms with Crippen LogP contribution in [0.15, 0.2) is 194 Å². The predicted octanol–water partition coefficient (Wildman–Crippen LogP) is 15.7. The summed E-state index contributed by atoms with van der Waals surface area (Å²) in [4.78, 5) is 0. The van der Waals surface area contributed by atoms with Crippen molar-refractivity contribution < 1.29 is 4.42 Å². The van der Waals surface area contributed by atoms with Crippen LogP contribution in [0.1, 0.15) is 23.6 Å². The standard InChI is InChI=1S/C54H40O/c1-5-8-22-40-35(4)51(36(18-6-2)19-7-3)41-23-12-13-24-42(41)53(40)38-29-31-49-47(33-38)48-34-39(30-32-50(48)55-49)54-45-27-16-14-25-43(45)52(37-20-10-9-11-21-37)44-26-15-17-28-46(44)54/h5-34H,1-2H2,3-4H3/b19-7-,22-8-,36-18+. The molecule has 55 heavy (non-hydrogen) atoms. The third-order valence-electron chi connectivity index (χ3n) is 10.9. The molecule has 8 aromatic carbocycles. The summed E-state index contributed by atoms with van der Waals surface area (Å²) in [5, 5.41) is 9.54. The van der Waals surface area contributed by atoms with Crippen molar-refractivity contribution in [3.63, 3.8) is 0 Å². The van der Waals surface area contributed by atoms with Gasteiger partial charge in [-0.05, 0) is 126 Å². The number of fused-ring (bicyclic) bond motifs is 6. The van der Waals surface area contributed by atoms with E-state index in [4.69, 9.17) is 4.42 Å². The lowest BCUT2D eigenvalue weighted by atomic mass is 9.83. The summed E-state index contributed by atoms with van der Waals surface area (Å²) in [7, 11) is 0. The highest BCUT2D eigenvalue weighted by Crippen LogP contribution is 2.46. The van der Waals surface area contributed by atoms with Crippen LogP contribution in [0, 0.1) is 6.92 Å². The van der Waals surface area contributed by atoms with E-state index in [1.165, 1.54) is 71.3 Å². The number of furan rings is 1. The number of hydrogen-bond acceptors (Lipinski definition) is 1. The first-order chi connectivity index (χ1) is 27.1. The van der Waals surface area contributed by atoms with Gasteiger partial charge in [-0.3, -0.25) is 0 Å². The Morgan fingerprint density at radius 2 is 1.00 bits per heavy atom. The molecular weight excluding hydrogens is 665 g/mol. The van der Waals surface area contributed by atoms with Gasteiger partial charge >= 0.3 is 0 Å². The van der Waals surface area contributed by atoms with E-state index in [9.17, 15) is 0 Å². The molecule has 1 aromatic heterocycles. The number of hydrogen-bond donors (Lipinski definition) is 0. The molecule has 0 saturated carbocycles. The highest BCUT2D eigenvalue weighted by Gasteiger charge is 2.21. The van der Waals surface area contributed by atoms with E-state index in [1.54, 1.807) is 0 Å². The molecule has 1 heteroatoms. The zero-order valence-electron chi connectivity index (χ0n) is 31.1. The Bertz CT molecular complexity index is 3020. The minimum Gasteiger partial charge on any atom is -0.456 e. The molecule has 9 aromatic rings. The molecule has 0 bridgehead atoms. The Morgan fingerprint density at radius 1 is 0.509 bits per heavy atom. The van der Waals surface area contributed by atoms with Crippen LogP contribution >= 0.6 is 0 Å². The predicted molar refractivity (Wildman–Crippen MR) is 240 cm³/mol. The van der Waals surface area contributed by atoms with Crippen LogP contribution in [-0.2, 0) is 0 Å². The maximum Gasteiger partial charge on any atom is 0.135 e. The summed E-state index contributed by atoms with van der Waals surface area (Å²) in [5.74, 6) is 0. The monoisotopic (exact) mass is 704 g/mol. The minimum atomic E-state index is 0.871. The molecule has 0 aliphatic rings. The van der Waals surface area contributed by atoms with Gasteiger partial charge in [-0.15, -0.1) is 0 Å². The topological polar surface area (TPSA) is 13.1 Å². The van der Waals surface area contributed by atoms with Gasteiger partial charge in [0.2, 0.25) is 0 Å². The van der Waals surface area contributed by atoms with Gasteiger partial charge in [0.05, 0.1) is 0 Å². The number of rotatable bonds is 8. The molecule has 0 unspecified atom stereocenters. The fourth-order valence-electron chi connectivity index (χ4n) is 8.62. The molecule has 1 nitrogen and oxygen atoms in total. The summed E-state index contributed by atoms with van der Waals surface area (Å²) in [5.41, 5.74) is 13.7. The Morgan fingerprint density at radius 3 is 1.53 bits per heavy atom. The maximum absolute atomic E-state index is 6.55. The first-order valence-electron chi connectivity index (χ1n) is 18.9. The molecule has 1 heterocycles. The minimum absolute atomic E-state index is 0.871. The van der Waals surface area contributed by atoms with Crippen LogP contribution in [0.5, 0.6) is 0 Å². The van der Waals surface area contributed by atoms with Crippen molar-refractivity contribution in [3.8, 4) is 33.4 Å².